The van der Waals surface area contributed by atoms with E-state index in [1.807, 2.05) is 0 Å². The standard InChI is InChI=1S/C34H29NO9/c36-30(22-13-5-1-6-14-22)35-27-29(44-33(39)25-19-11-4-12-20-25)28(43-32(38)24-17-9-3-10-18-24)26(42-34(27)40)21-41-31(37)23-15-7-2-8-16-23/h1-20,26-29,34,40H,21H2,(H,35,36)/t26-,27-,28-,29-,34-/m1/s1. The molecule has 5 rings (SSSR count). The van der Waals surface area contributed by atoms with Crippen molar-refractivity contribution in [2.24, 2.45) is 0 Å². The fourth-order valence-corrected chi connectivity index (χ4v) is 4.66. The van der Waals surface area contributed by atoms with Gasteiger partial charge in [-0.15, -0.1) is 0 Å². The lowest BCUT2D eigenvalue weighted by atomic mass is 9.95. The molecular formula is C34H29NO9. The molecule has 1 aliphatic heterocycles. The zero-order chi connectivity index (χ0) is 30.9. The highest BCUT2D eigenvalue weighted by Crippen LogP contribution is 2.28. The maximum absolute atomic E-state index is 13.3. The van der Waals surface area contributed by atoms with Crippen molar-refractivity contribution in [3.63, 3.8) is 0 Å². The van der Waals surface area contributed by atoms with Gasteiger partial charge in [-0.25, -0.2) is 14.4 Å². The monoisotopic (exact) mass is 595 g/mol. The minimum atomic E-state index is -1.75. The van der Waals surface area contributed by atoms with Gasteiger partial charge in [-0.3, -0.25) is 4.79 Å². The van der Waals surface area contributed by atoms with Gasteiger partial charge in [-0.1, -0.05) is 72.8 Å². The molecule has 0 saturated carbocycles. The molecule has 0 spiro atoms. The molecule has 0 radical (unpaired) electrons. The Kier molecular flexibility index (Phi) is 9.75. The fourth-order valence-electron chi connectivity index (χ4n) is 4.66. The van der Waals surface area contributed by atoms with E-state index in [1.165, 1.54) is 24.3 Å². The smallest absolute Gasteiger partial charge is 0.338 e. The summed E-state index contributed by atoms with van der Waals surface area (Å²) in [4.78, 5) is 52.5. The second-order valence-electron chi connectivity index (χ2n) is 9.87. The Labute approximate surface area is 253 Å². The van der Waals surface area contributed by atoms with E-state index in [2.05, 4.69) is 5.32 Å². The largest absolute Gasteiger partial charge is 0.459 e. The second-order valence-corrected chi connectivity index (χ2v) is 9.87. The van der Waals surface area contributed by atoms with Crippen molar-refractivity contribution in [2.45, 2.75) is 30.6 Å². The molecule has 10 heteroatoms. The van der Waals surface area contributed by atoms with Crippen LogP contribution in [-0.2, 0) is 18.9 Å². The van der Waals surface area contributed by atoms with Crippen molar-refractivity contribution >= 4 is 23.8 Å². The van der Waals surface area contributed by atoms with E-state index in [-0.39, 0.29) is 22.3 Å². The third-order valence-electron chi connectivity index (χ3n) is 6.89. The van der Waals surface area contributed by atoms with Gasteiger partial charge < -0.3 is 29.4 Å². The van der Waals surface area contributed by atoms with Crippen LogP contribution >= 0.6 is 0 Å². The maximum Gasteiger partial charge on any atom is 0.338 e. The molecular weight excluding hydrogens is 566 g/mol. The average Bonchev–Trinajstić information content (AvgIpc) is 3.07. The summed E-state index contributed by atoms with van der Waals surface area (Å²) in [5.41, 5.74) is 0.907. The second kappa shape index (κ2) is 14.2. The molecule has 4 aromatic carbocycles. The average molecular weight is 596 g/mol. The van der Waals surface area contributed by atoms with Crippen LogP contribution in [0.1, 0.15) is 41.4 Å². The summed E-state index contributed by atoms with van der Waals surface area (Å²) in [5.74, 6) is -2.87. The summed E-state index contributed by atoms with van der Waals surface area (Å²) >= 11 is 0. The Hall–Kier alpha value is -5.32. The number of amides is 1. The van der Waals surface area contributed by atoms with Crippen LogP contribution in [0.3, 0.4) is 0 Å². The highest BCUT2D eigenvalue weighted by atomic mass is 16.7. The Morgan fingerprint density at radius 2 is 1.00 bits per heavy atom. The molecule has 0 unspecified atom stereocenters. The molecule has 1 amide bonds. The lowest BCUT2D eigenvalue weighted by Gasteiger charge is -2.43. The molecule has 5 atom stereocenters. The maximum atomic E-state index is 13.3. The summed E-state index contributed by atoms with van der Waals surface area (Å²) in [6.45, 7) is -0.476. The number of rotatable bonds is 9. The van der Waals surface area contributed by atoms with Crippen molar-refractivity contribution in [3.8, 4) is 0 Å². The number of hydrogen-bond donors (Lipinski definition) is 2. The molecule has 2 N–H and O–H groups in total. The first-order chi connectivity index (χ1) is 21.4. The number of aliphatic hydroxyl groups is 1. The van der Waals surface area contributed by atoms with Crippen LogP contribution in [0.2, 0.25) is 0 Å². The third-order valence-corrected chi connectivity index (χ3v) is 6.89. The molecule has 1 heterocycles. The van der Waals surface area contributed by atoms with Gasteiger partial charge in [0, 0.05) is 5.56 Å². The third kappa shape index (κ3) is 7.35. The lowest BCUT2D eigenvalue weighted by Crippen LogP contribution is -2.66. The topological polar surface area (TPSA) is 137 Å². The lowest BCUT2D eigenvalue weighted by molar-refractivity contribution is -0.251. The van der Waals surface area contributed by atoms with Crippen LogP contribution in [0.4, 0.5) is 0 Å². The number of benzene rings is 4. The number of aliphatic hydroxyl groups excluding tert-OH is 1. The molecule has 1 saturated heterocycles. The van der Waals surface area contributed by atoms with Crippen molar-refractivity contribution < 1.29 is 43.2 Å². The number of nitrogens with one attached hydrogen (secondary N) is 1. The number of carbonyl (C=O) groups excluding carboxylic acids is 4. The van der Waals surface area contributed by atoms with Gasteiger partial charge in [0.1, 0.15) is 18.8 Å². The van der Waals surface area contributed by atoms with E-state index in [4.69, 9.17) is 18.9 Å². The van der Waals surface area contributed by atoms with Gasteiger partial charge in [0.2, 0.25) is 0 Å². The number of carbonyl (C=O) groups is 4. The van der Waals surface area contributed by atoms with Crippen LogP contribution in [-0.4, -0.2) is 66.2 Å². The molecule has 224 valence electrons. The van der Waals surface area contributed by atoms with E-state index in [0.717, 1.165) is 0 Å². The molecule has 1 fully saturated rings. The SMILES string of the molecule is O=C(N[C@@H]1[C@@H](OC(=O)c2ccccc2)[C@H](OC(=O)c2ccccc2)[C@@H](COC(=O)c2ccccc2)O[C@H]1O)c1ccccc1. The van der Waals surface area contributed by atoms with Crippen molar-refractivity contribution in [1.82, 2.24) is 5.32 Å². The predicted molar refractivity (Wildman–Crippen MR) is 157 cm³/mol. The van der Waals surface area contributed by atoms with E-state index >= 15 is 0 Å². The first-order valence-electron chi connectivity index (χ1n) is 13.8. The molecule has 10 nitrogen and oxygen atoms in total. The minimum absolute atomic E-state index is 0.182. The van der Waals surface area contributed by atoms with Gasteiger partial charge in [0.15, 0.2) is 18.5 Å². The Balaban J connectivity index is 1.48. The first-order valence-corrected chi connectivity index (χ1v) is 13.8. The summed E-state index contributed by atoms with van der Waals surface area (Å²) in [5, 5.41) is 13.8. The van der Waals surface area contributed by atoms with Crippen LogP contribution in [0.15, 0.2) is 121 Å². The highest BCUT2D eigenvalue weighted by molar-refractivity contribution is 5.94. The fraction of sp³-hybridized carbons (Fsp3) is 0.176. The van der Waals surface area contributed by atoms with Gasteiger partial charge in [0.05, 0.1) is 16.7 Å². The molecule has 0 aromatic heterocycles. The summed E-state index contributed by atoms with van der Waals surface area (Å²) in [7, 11) is 0. The highest BCUT2D eigenvalue weighted by Gasteiger charge is 2.51. The zero-order valence-electron chi connectivity index (χ0n) is 23.4. The van der Waals surface area contributed by atoms with E-state index in [0.29, 0.717) is 0 Å². The Morgan fingerprint density at radius 3 is 1.48 bits per heavy atom. The van der Waals surface area contributed by atoms with Crippen LogP contribution in [0.25, 0.3) is 0 Å². The molecule has 0 bridgehead atoms. The van der Waals surface area contributed by atoms with E-state index in [9.17, 15) is 24.3 Å². The van der Waals surface area contributed by atoms with Gasteiger partial charge in [0.25, 0.3) is 5.91 Å². The van der Waals surface area contributed by atoms with E-state index in [1.54, 1.807) is 97.1 Å². The molecule has 0 aliphatic carbocycles. The number of ether oxygens (including phenoxy) is 4. The van der Waals surface area contributed by atoms with Crippen LogP contribution in [0, 0.1) is 0 Å². The van der Waals surface area contributed by atoms with Crippen molar-refractivity contribution in [1.29, 1.82) is 0 Å². The molecule has 1 aliphatic rings. The number of esters is 3. The Morgan fingerprint density at radius 1 is 0.591 bits per heavy atom. The Bertz CT molecular complexity index is 1570. The van der Waals surface area contributed by atoms with Crippen molar-refractivity contribution in [2.75, 3.05) is 6.61 Å². The predicted octanol–water partition coefficient (Wildman–Crippen LogP) is 3.81. The van der Waals surface area contributed by atoms with Crippen LogP contribution < -0.4 is 5.32 Å². The molecule has 44 heavy (non-hydrogen) atoms. The summed E-state index contributed by atoms with van der Waals surface area (Å²) < 4.78 is 23.0. The van der Waals surface area contributed by atoms with Crippen LogP contribution in [0.5, 0.6) is 0 Å². The van der Waals surface area contributed by atoms with Gasteiger partial charge >= 0.3 is 17.9 Å². The minimum Gasteiger partial charge on any atom is -0.459 e. The summed E-state index contributed by atoms with van der Waals surface area (Å²) in [6, 6.07) is 31.1. The van der Waals surface area contributed by atoms with Gasteiger partial charge in [-0.05, 0) is 48.5 Å². The van der Waals surface area contributed by atoms with Crippen molar-refractivity contribution in [3.05, 3.63) is 144 Å². The molecule has 4 aromatic rings. The first kappa shape index (κ1) is 30.1. The summed E-state index contributed by atoms with van der Waals surface area (Å²) in [6.07, 6.45) is -5.93. The zero-order valence-corrected chi connectivity index (χ0v) is 23.4. The van der Waals surface area contributed by atoms with E-state index < -0.39 is 61.1 Å². The van der Waals surface area contributed by atoms with Gasteiger partial charge in [-0.2, -0.15) is 0 Å². The normalized spacial score (nSPS) is 21.0. The number of hydrogen-bond acceptors (Lipinski definition) is 9. The quantitative estimate of drug-likeness (QED) is 0.219.